The number of halogens is 1. The number of nitrogens with one attached hydrogen (secondary N) is 1. The second-order valence-electron chi connectivity index (χ2n) is 6.86. The number of nitrogens with zero attached hydrogens (tertiary/aromatic N) is 1. The first kappa shape index (κ1) is 21.3. The van der Waals surface area contributed by atoms with Gasteiger partial charge in [-0.05, 0) is 68.3 Å². The van der Waals surface area contributed by atoms with E-state index in [0.29, 0.717) is 37.1 Å². The first-order chi connectivity index (χ1) is 14.5. The fourth-order valence-electron chi connectivity index (χ4n) is 3.19. The molecule has 1 heterocycles. The minimum Gasteiger partial charge on any atom is -0.434 e. The summed E-state index contributed by atoms with van der Waals surface area (Å²) in [7, 11) is 0. The lowest BCUT2D eigenvalue weighted by Gasteiger charge is -2.32. The Kier molecular flexibility index (Phi) is 7.00. The molecule has 1 aliphatic heterocycles. The van der Waals surface area contributed by atoms with E-state index >= 15 is 0 Å². The molecule has 1 aliphatic rings. The van der Waals surface area contributed by atoms with E-state index in [-0.39, 0.29) is 36.0 Å². The molecule has 0 aliphatic carbocycles. The molecule has 0 saturated carbocycles. The van der Waals surface area contributed by atoms with Crippen molar-refractivity contribution in [2.24, 2.45) is 0 Å². The Bertz CT molecular complexity index is 891. The Labute approximate surface area is 173 Å². The van der Waals surface area contributed by atoms with E-state index in [9.17, 15) is 18.8 Å². The average Bonchev–Trinajstić information content (AvgIpc) is 2.75. The van der Waals surface area contributed by atoms with E-state index in [1.165, 1.54) is 36.4 Å². The third-order valence-corrected chi connectivity index (χ3v) is 4.79. The van der Waals surface area contributed by atoms with Crippen molar-refractivity contribution in [1.82, 2.24) is 10.2 Å². The molecule has 0 atom stereocenters. The number of likely N-dealkylation sites (tertiary alicyclic amines) is 1. The summed E-state index contributed by atoms with van der Waals surface area (Å²) >= 11 is 0. The molecule has 0 spiro atoms. The number of carbonyl (C=O) groups is 3. The number of rotatable bonds is 5. The molecule has 30 heavy (non-hydrogen) atoms. The Hall–Kier alpha value is -3.42. The van der Waals surface area contributed by atoms with Crippen LogP contribution in [0.1, 0.15) is 40.5 Å². The quantitative estimate of drug-likeness (QED) is 0.599. The van der Waals surface area contributed by atoms with Gasteiger partial charge >= 0.3 is 6.16 Å². The molecule has 0 bridgehead atoms. The summed E-state index contributed by atoms with van der Waals surface area (Å²) in [5.41, 5.74) is 0.889. The third-order valence-electron chi connectivity index (χ3n) is 4.79. The zero-order valence-corrected chi connectivity index (χ0v) is 16.6. The molecule has 0 unspecified atom stereocenters. The maximum absolute atomic E-state index is 13.0. The number of ether oxygens (including phenoxy) is 2. The Morgan fingerprint density at radius 1 is 1.00 bits per heavy atom. The average molecular weight is 414 g/mol. The number of hydrogen-bond acceptors (Lipinski definition) is 5. The van der Waals surface area contributed by atoms with Crippen LogP contribution in [0.25, 0.3) is 0 Å². The van der Waals surface area contributed by atoms with E-state index < -0.39 is 6.16 Å². The van der Waals surface area contributed by atoms with Crippen LogP contribution in [0, 0.1) is 5.82 Å². The molecule has 2 aromatic rings. The van der Waals surface area contributed by atoms with Crippen molar-refractivity contribution in [1.29, 1.82) is 0 Å². The lowest BCUT2D eigenvalue weighted by atomic mass is 10.0. The van der Waals surface area contributed by atoms with Crippen LogP contribution in [0.15, 0.2) is 48.5 Å². The summed E-state index contributed by atoms with van der Waals surface area (Å²) in [5, 5.41) is 2.96. The van der Waals surface area contributed by atoms with Gasteiger partial charge < -0.3 is 19.7 Å². The summed E-state index contributed by atoms with van der Waals surface area (Å²) in [6, 6.07) is 11.6. The first-order valence-electron chi connectivity index (χ1n) is 9.76. The van der Waals surface area contributed by atoms with Crippen LogP contribution in [-0.4, -0.2) is 48.6 Å². The minimum atomic E-state index is -0.795. The van der Waals surface area contributed by atoms with Crippen LogP contribution in [0.4, 0.5) is 9.18 Å². The molecule has 1 saturated heterocycles. The maximum atomic E-state index is 13.0. The largest absolute Gasteiger partial charge is 0.513 e. The molecule has 1 fully saturated rings. The molecule has 0 aromatic heterocycles. The van der Waals surface area contributed by atoms with Crippen LogP contribution >= 0.6 is 0 Å². The molecular weight excluding hydrogens is 391 g/mol. The fraction of sp³-hybridized carbons (Fsp3) is 0.318. The van der Waals surface area contributed by atoms with E-state index in [4.69, 9.17) is 9.47 Å². The molecule has 7 nitrogen and oxygen atoms in total. The highest BCUT2D eigenvalue weighted by Gasteiger charge is 2.25. The number of amides is 2. The lowest BCUT2D eigenvalue weighted by Crippen LogP contribution is -2.46. The van der Waals surface area contributed by atoms with E-state index in [2.05, 4.69) is 5.32 Å². The molecule has 3 rings (SSSR count). The van der Waals surface area contributed by atoms with Crippen molar-refractivity contribution in [2.75, 3.05) is 19.7 Å². The van der Waals surface area contributed by atoms with Gasteiger partial charge in [-0.3, -0.25) is 9.59 Å². The topological polar surface area (TPSA) is 84.9 Å². The van der Waals surface area contributed by atoms with E-state index in [1.807, 2.05) is 0 Å². The second kappa shape index (κ2) is 9.87. The van der Waals surface area contributed by atoms with Gasteiger partial charge in [-0.1, -0.05) is 0 Å². The summed E-state index contributed by atoms with van der Waals surface area (Å²) in [6.07, 6.45) is 0.461. The van der Waals surface area contributed by atoms with Gasteiger partial charge in [0, 0.05) is 30.3 Å². The van der Waals surface area contributed by atoms with Crippen LogP contribution < -0.4 is 10.1 Å². The van der Waals surface area contributed by atoms with Gasteiger partial charge in [0.05, 0.1) is 6.61 Å². The van der Waals surface area contributed by atoms with Gasteiger partial charge in [0.2, 0.25) is 0 Å². The highest BCUT2D eigenvalue weighted by atomic mass is 19.1. The molecule has 158 valence electrons. The maximum Gasteiger partial charge on any atom is 0.513 e. The number of hydrogen-bond donors (Lipinski definition) is 1. The van der Waals surface area contributed by atoms with Crippen molar-refractivity contribution >= 4 is 18.0 Å². The third kappa shape index (κ3) is 5.56. The van der Waals surface area contributed by atoms with Gasteiger partial charge in [-0.15, -0.1) is 0 Å². The van der Waals surface area contributed by atoms with Crippen molar-refractivity contribution in [3.63, 3.8) is 0 Å². The second-order valence-corrected chi connectivity index (χ2v) is 6.86. The van der Waals surface area contributed by atoms with E-state index in [1.54, 1.807) is 24.0 Å². The summed E-state index contributed by atoms with van der Waals surface area (Å²) in [5.74, 6) is -0.468. The van der Waals surface area contributed by atoms with E-state index in [0.717, 1.165) is 0 Å². The molecule has 2 amide bonds. The Morgan fingerprint density at radius 2 is 1.60 bits per heavy atom. The predicted molar refractivity (Wildman–Crippen MR) is 107 cm³/mol. The van der Waals surface area contributed by atoms with Crippen molar-refractivity contribution in [3.8, 4) is 5.75 Å². The molecule has 1 N–H and O–H groups in total. The van der Waals surface area contributed by atoms with Gasteiger partial charge in [0.1, 0.15) is 11.6 Å². The standard InChI is InChI=1S/C22H23FN2O5/c1-2-29-22(28)30-19-9-5-15(6-10-19)20(26)24-18-11-13-25(14-12-18)21(27)16-3-7-17(23)8-4-16/h3-10,18H,2,11-14H2,1H3,(H,24,26). The minimum absolute atomic E-state index is 0.0507. The molecule has 2 aromatic carbocycles. The summed E-state index contributed by atoms with van der Waals surface area (Å²) < 4.78 is 22.7. The van der Waals surface area contributed by atoms with Crippen LogP contribution in [0.5, 0.6) is 5.75 Å². The SMILES string of the molecule is CCOC(=O)Oc1ccc(C(=O)NC2CCN(C(=O)c3ccc(F)cc3)CC2)cc1. The van der Waals surface area contributed by atoms with Gasteiger partial charge in [0.25, 0.3) is 11.8 Å². The van der Waals surface area contributed by atoms with Crippen LogP contribution in [0.3, 0.4) is 0 Å². The number of carbonyl (C=O) groups excluding carboxylic acids is 3. The first-order valence-corrected chi connectivity index (χ1v) is 9.76. The van der Waals surface area contributed by atoms with Crippen LogP contribution in [-0.2, 0) is 4.74 Å². The van der Waals surface area contributed by atoms with Crippen molar-refractivity contribution in [2.45, 2.75) is 25.8 Å². The number of piperidine rings is 1. The van der Waals surface area contributed by atoms with Gasteiger partial charge in [-0.2, -0.15) is 0 Å². The number of benzene rings is 2. The lowest BCUT2D eigenvalue weighted by molar-refractivity contribution is 0.0698. The monoisotopic (exact) mass is 414 g/mol. The van der Waals surface area contributed by atoms with Crippen LogP contribution in [0.2, 0.25) is 0 Å². The van der Waals surface area contributed by atoms with Gasteiger partial charge in [-0.25, -0.2) is 9.18 Å². The van der Waals surface area contributed by atoms with Crippen molar-refractivity contribution < 1.29 is 28.2 Å². The zero-order valence-electron chi connectivity index (χ0n) is 16.6. The summed E-state index contributed by atoms with van der Waals surface area (Å²) in [4.78, 5) is 38.0. The van der Waals surface area contributed by atoms with Gasteiger partial charge in [0.15, 0.2) is 0 Å². The van der Waals surface area contributed by atoms with Crippen molar-refractivity contribution in [3.05, 3.63) is 65.5 Å². The Balaban J connectivity index is 1.48. The fourth-order valence-corrected chi connectivity index (χ4v) is 3.19. The molecule has 0 radical (unpaired) electrons. The molecule has 8 heteroatoms. The highest BCUT2D eigenvalue weighted by Crippen LogP contribution is 2.17. The Morgan fingerprint density at radius 3 is 2.20 bits per heavy atom. The smallest absolute Gasteiger partial charge is 0.434 e. The predicted octanol–water partition coefficient (Wildman–Crippen LogP) is 3.40. The summed E-state index contributed by atoms with van der Waals surface area (Å²) in [6.45, 7) is 2.91. The highest BCUT2D eigenvalue weighted by molar-refractivity contribution is 5.95. The zero-order chi connectivity index (χ0) is 21.5. The molecular formula is C22H23FN2O5. The normalized spacial score (nSPS) is 14.1.